The minimum Gasteiger partial charge on any atom is -0.497 e. The molecule has 1 amide bonds. The standard InChI is InChI=1S/C19H18N2O3/c1-3-24-15-9-7-13(8-10-15)11-17-19(22)21-18(20-17)14-5-4-6-16(12-14)23-2/h4-12H,3H2,1-2H3,(H,20,21,22)/b17-11+. The van der Waals surface area contributed by atoms with Crippen LogP contribution in [-0.4, -0.2) is 25.5 Å². The molecule has 24 heavy (non-hydrogen) atoms. The summed E-state index contributed by atoms with van der Waals surface area (Å²) in [5, 5.41) is 2.79. The van der Waals surface area contributed by atoms with E-state index in [1.165, 1.54) is 0 Å². The van der Waals surface area contributed by atoms with Gasteiger partial charge in [0.25, 0.3) is 5.91 Å². The summed E-state index contributed by atoms with van der Waals surface area (Å²) >= 11 is 0. The summed E-state index contributed by atoms with van der Waals surface area (Å²) in [5.41, 5.74) is 2.06. The van der Waals surface area contributed by atoms with Gasteiger partial charge in [0, 0.05) is 5.56 Å². The van der Waals surface area contributed by atoms with Crippen LogP contribution in [-0.2, 0) is 4.79 Å². The van der Waals surface area contributed by atoms with E-state index in [-0.39, 0.29) is 5.91 Å². The highest BCUT2D eigenvalue weighted by Gasteiger charge is 2.21. The highest BCUT2D eigenvalue weighted by atomic mass is 16.5. The molecule has 3 rings (SSSR count). The number of amides is 1. The number of carbonyl (C=O) groups is 1. The number of carbonyl (C=O) groups excluding carboxylic acids is 1. The number of hydrogen-bond acceptors (Lipinski definition) is 4. The maximum Gasteiger partial charge on any atom is 0.275 e. The Balaban J connectivity index is 1.85. The van der Waals surface area contributed by atoms with Gasteiger partial charge < -0.3 is 14.8 Å². The first kappa shape index (κ1) is 15.8. The van der Waals surface area contributed by atoms with E-state index in [1.54, 1.807) is 13.2 Å². The smallest absolute Gasteiger partial charge is 0.275 e. The van der Waals surface area contributed by atoms with E-state index < -0.39 is 0 Å². The zero-order chi connectivity index (χ0) is 16.9. The van der Waals surface area contributed by atoms with Gasteiger partial charge in [0.15, 0.2) is 0 Å². The van der Waals surface area contributed by atoms with Crippen molar-refractivity contribution in [2.24, 2.45) is 4.99 Å². The second kappa shape index (κ2) is 7.00. The second-order valence-electron chi connectivity index (χ2n) is 5.18. The number of hydrogen-bond donors (Lipinski definition) is 1. The van der Waals surface area contributed by atoms with Gasteiger partial charge in [-0.25, -0.2) is 4.99 Å². The van der Waals surface area contributed by atoms with Gasteiger partial charge in [0.1, 0.15) is 23.0 Å². The minimum absolute atomic E-state index is 0.221. The minimum atomic E-state index is -0.221. The molecule has 0 bridgehead atoms. The highest BCUT2D eigenvalue weighted by Crippen LogP contribution is 2.19. The number of aliphatic imine (C=N–C) groups is 1. The molecule has 5 nitrogen and oxygen atoms in total. The van der Waals surface area contributed by atoms with Crippen LogP contribution in [0.4, 0.5) is 0 Å². The van der Waals surface area contributed by atoms with E-state index in [9.17, 15) is 4.79 Å². The van der Waals surface area contributed by atoms with Gasteiger partial charge in [-0.1, -0.05) is 24.3 Å². The van der Waals surface area contributed by atoms with E-state index in [0.29, 0.717) is 23.9 Å². The molecule has 0 saturated carbocycles. The van der Waals surface area contributed by atoms with Crippen LogP contribution in [0.15, 0.2) is 59.2 Å². The summed E-state index contributed by atoms with van der Waals surface area (Å²) in [4.78, 5) is 16.5. The van der Waals surface area contributed by atoms with Crippen LogP contribution in [0, 0.1) is 0 Å². The number of rotatable bonds is 5. The molecule has 122 valence electrons. The summed E-state index contributed by atoms with van der Waals surface area (Å²) < 4.78 is 10.6. The Labute approximate surface area is 140 Å². The lowest BCUT2D eigenvalue weighted by Gasteiger charge is -2.03. The van der Waals surface area contributed by atoms with Crippen molar-refractivity contribution in [3.8, 4) is 11.5 Å². The topological polar surface area (TPSA) is 59.9 Å². The summed E-state index contributed by atoms with van der Waals surface area (Å²) in [7, 11) is 1.60. The Morgan fingerprint density at radius 1 is 1.12 bits per heavy atom. The van der Waals surface area contributed by atoms with E-state index in [0.717, 1.165) is 16.9 Å². The Morgan fingerprint density at radius 2 is 1.92 bits per heavy atom. The van der Waals surface area contributed by atoms with Gasteiger partial charge in [-0.2, -0.15) is 0 Å². The molecule has 0 spiro atoms. The Kier molecular flexibility index (Phi) is 4.61. The molecule has 2 aromatic carbocycles. The lowest BCUT2D eigenvalue weighted by Crippen LogP contribution is -2.24. The predicted octanol–water partition coefficient (Wildman–Crippen LogP) is 3.01. The first-order valence-electron chi connectivity index (χ1n) is 7.68. The molecule has 0 aliphatic carbocycles. The Bertz CT molecular complexity index is 808. The van der Waals surface area contributed by atoms with Gasteiger partial charge in [-0.15, -0.1) is 0 Å². The maximum atomic E-state index is 12.1. The fourth-order valence-electron chi connectivity index (χ4n) is 2.36. The van der Waals surface area contributed by atoms with Crippen LogP contribution in [0.2, 0.25) is 0 Å². The molecular formula is C19H18N2O3. The number of nitrogens with one attached hydrogen (secondary N) is 1. The monoisotopic (exact) mass is 322 g/mol. The molecule has 0 saturated heterocycles. The fourth-order valence-corrected chi connectivity index (χ4v) is 2.36. The van der Waals surface area contributed by atoms with E-state index >= 15 is 0 Å². The average Bonchev–Trinajstić information content (AvgIpc) is 2.98. The van der Waals surface area contributed by atoms with Crippen molar-refractivity contribution in [1.29, 1.82) is 0 Å². The number of methoxy groups -OCH3 is 1. The molecule has 1 heterocycles. The summed E-state index contributed by atoms with van der Waals surface area (Å²) in [5.74, 6) is 1.82. The van der Waals surface area contributed by atoms with Crippen molar-refractivity contribution in [3.05, 3.63) is 65.4 Å². The van der Waals surface area contributed by atoms with Crippen LogP contribution in [0.25, 0.3) is 6.08 Å². The molecular weight excluding hydrogens is 304 g/mol. The third kappa shape index (κ3) is 3.46. The van der Waals surface area contributed by atoms with Gasteiger partial charge in [0.2, 0.25) is 0 Å². The number of benzene rings is 2. The number of nitrogens with zero attached hydrogens (tertiary/aromatic N) is 1. The van der Waals surface area contributed by atoms with E-state index in [2.05, 4.69) is 10.3 Å². The summed E-state index contributed by atoms with van der Waals surface area (Å²) in [6.07, 6.45) is 1.75. The van der Waals surface area contributed by atoms with Crippen molar-refractivity contribution in [3.63, 3.8) is 0 Å². The molecule has 0 aromatic heterocycles. The van der Waals surface area contributed by atoms with Gasteiger partial charge in [-0.3, -0.25) is 4.79 Å². The highest BCUT2D eigenvalue weighted by molar-refractivity contribution is 6.19. The molecule has 2 aromatic rings. The lowest BCUT2D eigenvalue weighted by atomic mass is 10.2. The van der Waals surface area contributed by atoms with Crippen LogP contribution < -0.4 is 14.8 Å². The molecule has 0 atom stereocenters. The largest absolute Gasteiger partial charge is 0.497 e. The molecule has 5 heteroatoms. The molecule has 1 aliphatic heterocycles. The maximum absolute atomic E-state index is 12.1. The normalized spacial score (nSPS) is 15.2. The second-order valence-corrected chi connectivity index (χ2v) is 5.18. The number of amidine groups is 1. The van der Waals surface area contributed by atoms with Crippen molar-refractivity contribution in [2.75, 3.05) is 13.7 Å². The molecule has 0 radical (unpaired) electrons. The van der Waals surface area contributed by atoms with Crippen LogP contribution in [0.3, 0.4) is 0 Å². The quantitative estimate of drug-likeness (QED) is 0.861. The number of ether oxygens (including phenoxy) is 2. The lowest BCUT2D eigenvalue weighted by molar-refractivity contribution is -0.115. The van der Waals surface area contributed by atoms with Crippen LogP contribution >= 0.6 is 0 Å². The van der Waals surface area contributed by atoms with Gasteiger partial charge in [0.05, 0.1) is 13.7 Å². The predicted molar refractivity (Wildman–Crippen MR) is 93.3 cm³/mol. The average molecular weight is 322 g/mol. The summed E-state index contributed by atoms with van der Waals surface area (Å²) in [6, 6.07) is 14.9. The fraction of sp³-hybridized carbons (Fsp3) is 0.158. The van der Waals surface area contributed by atoms with Crippen molar-refractivity contribution in [1.82, 2.24) is 5.32 Å². The van der Waals surface area contributed by atoms with E-state index in [4.69, 9.17) is 9.47 Å². The first-order valence-corrected chi connectivity index (χ1v) is 7.68. The van der Waals surface area contributed by atoms with Gasteiger partial charge >= 0.3 is 0 Å². The molecule has 1 N–H and O–H groups in total. The van der Waals surface area contributed by atoms with Crippen molar-refractivity contribution in [2.45, 2.75) is 6.92 Å². The SMILES string of the molecule is CCOc1ccc(/C=C2/N=C(c3cccc(OC)c3)NC2=O)cc1. The van der Waals surface area contributed by atoms with Crippen molar-refractivity contribution >= 4 is 17.8 Å². The summed E-state index contributed by atoms with van der Waals surface area (Å²) in [6.45, 7) is 2.56. The zero-order valence-electron chi connectivity index (χ0n) is 13.6. The Morgan fingerprint density at radius 3 is 2.62 bits per heavy atom. The Hall–Kier alpha value is -3.08. The van der Waals surface area contributed by atoms with Crippen molar-refractivity contribution < 1.29 is 14.3 Å². The first-order chi connectivity index (χ1) is 11.7. The van der Waals surface area contributed by atoms with Gasteiger partial charge in [-0.05, 0) is 42.8 Å². The third-order valence-corrected chi connectivity index (χ3v) is 3.53. The van der Waals surface area contributed by atoms with E-state index in [1.807, 2.05) is 55.5 Å². The van der Waals surface area contributed by atoms with Crippen LogP contribution in [0.1, 0.15) is 18.1 Å². The molecule has 1 aliphatic rings. The molecule has 0 unspecified atom stereocenters. The zero-order valence-corrected chi connectivity index (χ0v) is 13.6. The molecule has 0 fully saturated rings. The third-order valence-electron chi connectivity index (χ3n) is 3.53. The van der Waals surface area contributed by atoms with Crippen LogP contribution in [0.5, 0.6) is 11.5 Å².